The zero-order valence-corrected chi connectivity index (χ0v) is 18.6. The maximum atomic E-state index is 13.3. The fourth-order valence-corrected chi connectivity index (χ4v) is 4.36. The highest BCUT2D eigenvalue weighted by molar-refractivity contribution is 5.17. The van der Waals surface area contributed by atoms with Gasteiger partial charge >= 0.3 is 0 Å². The van der Waals surface area contributed by atoms with E-state index >= 15 is 0 Å². The lowest BCUT2D eigenvalue weighted by Crippen LogP contribution is -2.57. The lowest BCUT2D eigenvalue weighted by molar-refractivity contribution is -0.214. The summed E-state index contributed by atoms with van der Waals surface area (Å²) in [6.07, 6.45) is 4.07. The minimum absolute atomic E-state index is 0.193. The normalized spacial score (nSPS) is 19.2. The molecule has 4 rings (SSSR count). The van der Waals surface area contributed by atoms with Crippen LogP contribution in [0.2, 0.25) is 0 Å². The van der Waals surface area contributed by atoms with E-state index in [2.05, 4.69) is 29.2 Å². The molecule has 0 N–H and O–H groups in total. The predicted octanol–water partition coefficient (Wildman–Crippen LogP) is 5.98. The third-order valence-electron chi connectivity index (χ3n) is 6.19. The van der Waals surface area contributed by atoms with Gasteiger partial charge in [-0.2, -0.15) is 0 Å². The quantitative estimate of drug-likeness (QED) is 0.392. The van der Waals surface area contributed by atoms with Crippen LogP contribution in [-0.2, 0) is 29.1 Å². The van der Waals surface area contributed by atoms with Crippen LogP contribution in [0.15, 0.2) is 84.9 Å². The Morgan fingerprint density at radius 3 is 2.09 bits per heavy atom. The molecule has 1 unspecified atom stereocenters. The highest BCUT2D eigenvalue weighted by atomic mass is 19.1. The van der Waals surface area contributed by atoms with Crippen molar-refractivity contribution in [2.75, 3.05) is 19.7 Å². The number of halogens is 1. The number of benzene rings is 3. The van der Waals surface area contributed by atoms with E-state index in [1.807, 2.05) is 48.5 Å². The van der Waals surface area contributed by atoms with Crippen molar-refractivity contribution >= 4 is 0 Å². The van der Waals surface area contributed by atoms with E-state index in [0.717, 1.165) is 44.3 Å². The lowest BCUT2D eigenvalue weighted by atomic mass is 9.97. The Bertz CT molecular complexity index is 933. The molecule has 0 spiro atoms. The fourth-order valence-electron chi connectivity index (χ4n) is 4.36. The highest BCUT2D eigenvalue weighted by Crippen LogP contribution is 2.32. The number of ether oxygens (including phenoxy) is 2. The first-order valence-corrected chi connectivity index (χ1v) is 11.5. The Hall–Kier alpha value is -2.53. The van der Waals surface area contributed by atoms with E-state index in [1.54, 1.807) is 0 Å². The number of hydrogen-bond donors (Lipinski definition) is 0. The Morgan fingerprint density at radius 1 is 0.750 bits per heavy atom. The standard InChI is InChI=1S/C28H32FNO2/c29-27-15-13-24(14-16-27)17-20-30-19-8-7-18-28(30,32-22-26-11-5-2-6-12-26)23-31-21-25-9-3-1-4-10-25/h1-6,9-16H,7-8,17-23H2. The van der Waals surface area contributed by atoms with Gasteiger partial charge in [-0.25, -0.2) is 4.39 Å². The van der Waals surface area contributed by atoms with Gasteiger partial charge in [-0.3, -0.25) is 4.90 Å². The third kappa shape index (κ3) is 6.26. The van der Waals surface area contributed by atoms with Crippen LogP contribution in [0.3, 0.4) is 0 Å². The second-order valence-corrected chi connectivity index (χ2v) is 8.52. The molecule has 0 radical (unpaired) electrons. The van der Waals surface area contributed by atoms with Gasteiger partial charge in [-0.05, 0) is 54.5 Å². The van der Waals surface area contributed by atoms with Crippen LogP contribution in [0.5, 0.6) is 0 Å². The van der Waals surface area contributed by atoms with Crippen molar-refractivity contribution in [2.24, 2.45) is 0 Å². The van der Waals surface area contributed by atoms with Gasteiger partial charge in [0.1, 0.15) is 11.5 Å². The monoisotopic (exact) mass is 433 g/mol. The number of rotatable bonds is 10. The first-order valence-electron chi connectivity index (χ1n) is 11.5. The predicted molar refractivity (Wildman–Crippen MR) is 126 cm³/mol. The first kappa shape index (κ1) is 22.7. The molecule has 0 bridgehead atoms. The summed E-state index contributed by atoms with van der Waals surface area (Å²) in [5.74, 6) is -0.193. The minimum atomic E-state index is -0.455. The Morgan fingerprint density at radius 2 is 1.41 bits per heavy atom. The molecule has 0 amide bonds. The van der Waals surface area contributed by atoms with Gasteiger partial charge < -0.3 is 9.47 Å². The molecule has 32 heavy (non-hydrogen) atoms. The second kappa shape index (κ2) is 11.4. The maximum absolute atomic E-state index is 13.3. The van der Waals surface area contributed by atoms with Crippen LogP contribution < -0.4 is 0 Å². The lowest BCUT2D eigenvalue weighted by Gasteiger charge is -2.46. The van der Waals surface area contributed by atoms with Crippen molar-refractivity contribution in [3.63, 3.8) is 0 Å². The van der Waals surface area contributed by atoms with Gasteiger partial charge in [-0.1, -0.05) is 72.8 Å². The zero-order chi connectivity index (χ0) is 22.1. The van der Waals surface area contributed by atoms with Gasteiger partial charge in [0, 0.05) is 13.1 Å². The molecule has 1 fully saturated rings. The third-order valence-corrected chi connectivity index (χ3v) is 6.19. The summed E-state index contributed by atoms with van der Waals surface area (Å²) in [7, 11) is 0. The topological polar surface area (TPSA) is 21.7 Å². The molecule has 3 aromatic carbocycles. The Labute approximate surface area is 190 Å². The molecule has 0 aliphatic carbocycles. The number of nitrogens with zero attached hydrogens (tertiary/aromatic N) is 1. The first-order chi connectivity index (χ1) is 15.7. The molecule has 0 saturated carbocycles. The maximum Gasteiger partial charge on any atom is 0.145 e. The molecule has 1 heterocycles. The minimum Gasteiger partial charge on any atom is -0.372 e. The highest BCUT2D eigenvalue weighted by Gasteiger charge is 2.40. The molecule has 1 aliphatic heterocycles. The summed E-state index contributed by atoms with van der Waals surface area (Å²) < 4.78 is 26.2. The summed E-state index contributed by atoms with van der Waals surface area (Å²) in [6, 6.07) is 27.4. The van der Waals surface area contributed by atoms with Crippen LogP contribution in [0, 0.1) is 5.82 Å². The number of hydrogen-bond acceptors (Lipinski definition) is 3. The molecule has 1 atom stereocenters. The van der Waals surface area contributed by atoms with Gasteiger partial charge in [0.25, 0.3) is 0 Å². The van der Waals surface area contributed by atoms with E-state index in [1.165, 1.54) is 23.3 Å². The molecular weight excluding hydrogens is 401 g/mol. The largest absolute Gasteiger partial charge is 0.372 e. The van der Waals surface area contributed by atoms with Crippen LogP contribution >= 0.6 is 0 Å². The average molecular weight is 434 g/mol. The molecule has 3 aromatic rings. The van der Waals surface area contributed by atoms with Crippen LogP contribution in [-0.4, -0.2) is 30.3 Å². The molecule has 168 valence electrons. The zero-order valence-electron chi connectivity index (χ0n) is 18.6. The number of piperidine rings is 1. The molecule has 0 aromatic heterocycles. The molecule has 1 saturated heterocycles. The van der Waals surface area contributed by atoms with E-state index in [-0.39, 0.29) is 5.82 Å². The van der Waals surface area contributed by atoms with Crippen molar-refractivity contribution in [2.45, 2.75) is 44.6 Å². The van der Waals surface area contributed by atoms with E-state index in [0.29, 0.717) is 19.8 Å². The summed E-state index contributed by atoms with van der Waals surface area (Å²) in [4.78, 5) is 2.44. The smallest absolute Gasteiger partial charge is 0.145 e. The van der Waals surface area contributed by atoms with E-state index in [4.69, 9.17) is 9.47 Å². The number of likely N-dealkylation sites (tertiary alicyclic amines) is 1. The second-order valence-electron chi connectivity index (χ2n) is 8.52. The van der Waals surface area contributed by atoms with E-state index in [9.17, 15) is 4.39 Å². The van der Waals surface area contributed by atoms with E-state index < -0.39 is 5.72 Å². The van der Waals surface area contributed by atoms with Crippen molar-refractivity contribution in [1.82, 2.24) is 4.90 Å². The fraction of sp³-hybridized carbons (Fsp3) is 0.357. The Balaban J connectivity index is 1.46. The van der Waals surface area contributed by atoms with Gasteiger partial charge in [-0.15, -0.1) is 0 Å². The van der Waals surface area contributed by atoms with Crippen LogP contribution in [0.1, 0.15) is 36.0 Å². The average Bonchev–Trinajstić information content (AvgIpc) is 2.85. The van der Waals surface area contributed by atoms with Gasteiger partial charge in [0.15, 0.2) is 0 Å². The molecule has 1 aliphatic rings. The molecular formula is C28H32FNO2. The van der Waals surface area contributed by atoms with Crippen molar-refractivity contribution < 1.29 is 13.9 Å². The molecule has 3 nitrogen and oxygen atoms in total. The summed E-state index contributed by atoms with van der Waals surface area (Å²) in [5.41, 5.74) is 3.01. The molecule has 4 heteroatoms. The van der Waals surface area contributed by atoms with Gasteiger partial charge in [0.2, 0.25) is 0 Å². The van der Waals surface area contributed by atoms with Crippen molar-refractivity contribution in [1.29, 1.82) is 0 Å². The van der Waals surface area contributed by atoms with Crippen molar-refractivity contribution in [3.8, 4) is 0 Å². The summed E-state index contributed by atoms with van der Waals surface area (Å²) in [5, 5.41) is 0. The SMILES string of the molecule is Fc1ccc(CCN2CCCCC2(COCc2ccccc2)OCc2ccccc2)cc1. The van der Waals surface area contributed by atoms with Gasteiger partial charge in [0.05, 0.1) is 19.8 Å². The van der Waals surface area contributed by atoms with Crippen LogP contribution in [0.25, 0.3) is 0 Å². The Kier molecular flexibility index (Phi) is 8.05. The van der Waals surface area contributed by atoms with Crippen LogP contribution in [0.4, 0.5) is 4.39 Å². The summed E-state index contributed by atoms with van der Waals surface area (Å²) >= 11 is 0. The summed E-state index contributed by atoms with van der Waals surface area (Å²) in [6.45, 7) is 3.49. The van der Waals surface area contributed by atoms with Crippen molar-refractivity contribution in [3.05, 3.63) is 107 Å².